The molecular formula is C17H23NO2S. The summed E-state index contributed by atoms with van der Waals surface area (Å²) in [4.78, 5) is 1.20. The Balaban J connectivity index is 2.23. The van der Waals surface area contributed by atoms with Gasteiger partial charge in [-0.2, -0.15) is 0 Å². The molecule has 1 heterocycles. The maximum absolute atomic E-state index is 6.27. The van der Waals surface area contributed by atoms with Crippen LogP contribution in [-0.2, 0) is 0 Å². The Morgan fingerprint density at radius 2 is 1.95 bits per heavy atom. The molecule has 1 aromatic heterocycles. The molecule has 3 nitrogen and oxygen atoms in total. The molecule has 21 heavy (non-hydrogen) atoms. The first kappa shape index (κ1) is 15.9. The van der Waals surface area contributed by atoms with Crippen molar-refractivity contribution in [3.63, 3.8) is 0 Å². The summed E-state index contributed by atoms with van der Waals surface area (Å²) in [6, 6.07) is 9.81. The number of aryl methyl sites for hydroxylation is 1. The second-order valence-electron chi connectivity index (χ2n) is 4.99. The average molecular weight is 305 g/mol. The Kier molecular flexibility index (Phi) is 5.65. The van der Waals surface area contributed by atoms with Crippen molar-refractivity contribution in [3.8, 4) is 11.5 Å². The lowest BCUT2D eigenvalue weighted by Crippen LogP contribution is -2.31. The highest BCUT2D eigenvalue weighted by Gasteiger charge is 2.23. The largest absolute Gasteiger partial charge is 0.494 e. The first-order valence-electron chi connectivity index (χ1n) is 7.34. The Morgan fingerprint density at radius 1 is 1.19 bits per heavy atom. The topological polar surface area (TPSA) is 44.5 Å². The average Bonchev–Trinajstić information content (AvgIpc) is 2.91. The van der Waals surface area contributed by atoms with Crippen LogP contribution in [0, 0.1) is 6.92 Å². The summed E-state index contributed by atoms with van der Waals surface area (Å²) in [5.41, 5.74) is 7.50. The molecule has 1 aromatic carbocycles. The minimum atomic E-state index is -0.119. The number of benzene rings is 1. The van der Waals surface area contributed by atoms with E-state index in [0.29, 0.717) is 6.61 Å². The summed E-state index contributed by atoms with van der Waals surface area (Å²) < 4.78 is 11.7. The van der Waals surface area contributed by atoms with Gasteiger partial charge in [-0.3, -0.25) is 0 Å². The maximum Gasteiger partial charge on any atom is 0.148 e. The Labute approximate surface area is 130 Å². The lowest BCUT2D eigenvalue weighted by molar-refractivity contribution is 0.173. The third-order valence-corrected chi connectivity index (χ3v) is 4.48. The first-order valence-corrected chi connectivity index (χ1v) is 8.22. The maximum atomic E-state index is 6.27. The zero-order chi connectivity index (χ0) is 15.2. The molecule has 2 aromatic rings. The van der Waals surface area contributed by atoms with Gasteiger partial charge in [-0.1, -0.05) is 13.0 Å². The van der Waals surface area contributed by atoms with Crippen molar-refractivity contribution in [1.82, 2.24) is 0 Å². The predicted octanol–water partition coefficient (Wildman–Crippen LogP) is 4.31. The van der Waals surface area contributed by atoms with Gasteiger partial charge in [0, 0.05) is 17.0 Å². The number of rotatable bonds is 7. The van der Waals surface area contributed by atoms with Crippen molar-refractivity contribution < 1.29 is 9.47 Å². The number of ether oxygens (including phenoxy) is 2. The van der Waals surface area contributed by atoms with Crippen LogP contribution < -0.4 is 15.2 Å². The summed E-state index contributed by atoms with van der Waals surface area (Å²) in [5.74, 6) is 1.62. The fraction of sp³-hybridized carbons (Fsp3) is 0.412. The van der Waals surface area contributed by atoms with E-state index in [9.17, 15) is 0 Å². The van der Waals surface area contributed by atoms with Gasteiger partial charge in [-0.25, -0.2) is 0 Å². The third kappa shape index (κ3) is 3.99. The molecule has 0 aliphatic carbocycles. The molecule has 2 N–H and O–H groups in total. The molecule has 4 heteroatoms. The van der Waals surface area contributed by atoms with Crippen LogP contribution in [0.4, 0.5) is 0 Å². The molecule has 2 atom stereocenters. The molecule has 0 amide bonds. The lowest BCUT2D eigenvalue weighted by atomic mass is 10.1. The second kappa shape index (κ2) is 7.48. The molecule has 0 fully saturated rings. The van der Waals surface area contributed by atoms with Crippen LogP contribution in [0.15, 0.2) is 35.7 Å². The minimum absolute atomic E-state index is 0.0295. The van der Waals surface area contributed by atoms with Crippen LogP contribution >= 0.6 is 11.3 Å². The molecule has 0 bridgehead atoms. The standard InChI is InChI=1S/C17H23NO2S/c1-4-15(18)16(17-12(3)9-10-21-17)20-14-8-6-7-13(11-14)19-5-2/h6-11,15-16H,4-5,18H2,1-3H3. The van der Waals surface area contributed by atoms with Crippen molar-refractivity contribution in [2.75, 3.05) is 6.61 Å². The highest BCUT2D eigenvalue weighted by atomic mass is 32.1. The van der Waals surface area contributed by atoms with Crippen molar-refractivity contribution >= 4 is 11.3 Å². The van der Waals surface area contributed by atoms with E-state index in [1.54, 1.807) is 11.3 Å². The third-order valence-electron chi connectivity index (χ3n) is 3.40. The van der Waals surface area contributed by atoms with Gasteiger partial charge in [-0.15, -0.1) is 11.3 Å². The van der Waals surface area contributed by atoms with E-state index in [0.717, 1.165) is 17.9 Å². The first-order chi connectivity index (χ1) is 10.2. The molecule has 114 valence electrons. The molecule has 2 rings (SSSR count). The molecule has 0 aliphatic rings. The highest BCUT2D eigenvalue weighted by molar-refractivity contribution is 7.10. The Hall–Kier alpha value is -1.52. The molecule has 0 saturated carbocycles. The van der Waals surface area contributed by atoms with E-state index in [4.69, 9.17) is 15.2 Å². The number of thiophene rings is 1. The molecule has 0 spiro atoms. The van der Waals surface area contributed by atoms with E-state index in [2.05, 4.69) is 25.3 Å². The van der Waals surface area contributed by atoms with Gasteiger partial charge in [-0.05, 0) is 49.4 Å². The summed E-state index contributed by atoms with van der Waals surface area (Å²) >= 11 is 1.70. The molecular weight excluding hydrogens is 282 g/mol. The van der Waals surface area contributed by atoms with Gasteiger partial charge >= 0.3 is 0 Å². The normalized spacial score (nSPS) is 13.7. The quantitative estimate of drug-likeness (QED) is 0.829. The summed E-state index contributed by atoms with van der Waals surface area (Å²) in [7, 11) is 0. The monoisotopic (exact) mass is 305 g/mol. The Morgan fingerprint density at radius 3 is 2.57 bits per heavy atom. The fourth-order valence-corrected chi connectivity index (χ4v) is 3.21. The summed E-state index contributed by atoms with van der Waals surface area (Å²) in [5, 5.41) is 2.08. The molecule has 2 unspecified atom stereocenters. The fourth-order valence-electron chi connectivity index (χ4n) is 2.18. The zero-order valence-electron chi connectivity index (χ0n) is 12.8. The molecule has 0 aliphatic heterocycles. The van der Waals surface area contributed by atoms with E-state index in [1.807, 2.05) is 31.2 Å². The lowest BCUT2D eigenvalue weighted by Gasteiger charge is -2.24. The van der Waals surface area contributed by atoms with Gasteiger partial charge < -0.3 is 15.2 Å². The van der Waals surface area contributed by atoms with Gasteiger partial charge in [0.15, 0.2) is 0 Å². The predicted molar refractivity (Wildman–Crippen MR) is 88.3 cm³/mol. The second-order valence-corrected chi connectivity index (χ2v) is 5.93. The minimum Gasteiger partial charge on any atom is -0.494 e. The van der Waals surface area contributed by atoms with Crippen LogP contribution in [0.1, 0.15) is 36.8 Å². The van der Waals surface area contributed by atoms with Gasteiger partial charge in [0.25, 0.3) is 0 Å². The van der Waals surface area contributed by atoms with Crippen LogP contribution in [0.3, 0.4) is 0 Å². The van der Waals surface area contributed by atoms with E-state index >= 15 is 0 Å². The number of hydrogen-bond acceptors (Lipinski definition) is 4. The Bertz CT molecular complexity index is 567. The zero-order valence-corrected chi connectivity index (χ0v) is 13.7. The highest BCUT2D eigenvalue weighted by Crippen LogP contribution is 2.32. The van der Waals surface area contributed by atoms with E-state index in [-0.39, 0.29) is 12.1 Å². The number of hydrogen-bond donors (Lipinski definition) is 1. The number of nitrogens with two attached hydrogens (primary N) is 1. The van der Waals surface area contributed by atoms with Crippen LogP contribution in [0.5, 0.6) is 11.5 Å². The summed E-state index contributed by atoms with van der Waals surface area (Å²) in [6.07, 6.45) is 0.750. The van der Waals surface area contributed by atoms with Crippen molar-refractivity contribution in [1.29, 1.82) is 0 Å². The van der Waals surface area contributed by atoms with Crippen LogP contribution in [0.25, 0.3) is 0 Å². The van der Waals surface area contributed by atoms with E-state index in [1.165, 1.54) is 10.4 Å². The molecule has 0 radical (unpaired) electrons. The van der Waals surface area contributed by atoms with Crippen LogP contribution in [0.2, 0.25) is 0 Å². The van der Waals surface area contributed by atoms with Crippen molar-refractivity contribution in [3.05, 3.63) is 46.2 Å². The van der Waals surface area contributed by atoms with Crippen LogP contribution in [-0.4, -0.2) is 12.6 Å². The van der Waals surface area contributed by atoms with E-state index < -0.39 is 0 Å². The van der Waals surface area contributed by atoms with Gasteiger partial charge in [0.05, 0.1) is 6.61 Å². The smallest absolute Gasteiger partial charge is 0.148 e. The van der Waals surface area contributed by atoms with Gasteiger partial charge in [0.1, 0.15) is 17.6 Å². The van der Waals surface area contributed by atoms with Crippen molar-refractivity contribution in [2.24, 2.45) is 5.73 Å². The van der Waals surface area contributed by atoms with Crippen molar-refractivity contribution in [2.45, 2.75) is 39.3 Å². The van der Waals surface area contributed by atoms with Gasteiger partial charge in [0.2, 0.25) is 0 Å². The summed E-state index contributed by atoms with van der Waals surface area (Å²) in [6.45, 7) is 6.80. The SMILES string of the molecule is CCOc1cccc(OC(c2sccc2C)C(N)CC)c1. The molecule has 0 saturated heterocycles.